The van der Waals surface area contributed by atoms with Gasteiger partial charge in [0, 0.05) is 5.69 Å². The third-order valence-electron chi connectivity index (χ3n) is 4.10. The zero-order valence-electron chi connectivity index (χ0n) is 12.7. The van der Waals surface area contributed by atoms with Crippen LogP contribution < -0.4 is 4.90 Å². The number of alkyl halides is 3. The van der Waals surface area contributed by atoms with E-state index in [9.17, 15) is 31.1 Å². The highest BCUT2D eigenvalue weighted by atomic mass is 32.2. The van der Waals surface area contributed by atoms with Gasteiger partial charge in [-0.2, -0.15) is 13.2 Å². The summed E-state index contributed by atoms with van der Waals surface area (Å²) in [6, 6.07) is 9.66. The second-order valence-corrected chi connectivity index (χ2v) is 7.78. The van der Waals surface area contributed by atoms with Gasteiger partial charge in [0.25, 0.3) is 9.84 Å². The first-order chi connectivity index (χ1) is 11.5. The molecule has 4 nitrogen and oxygen atoms in total. The summed E-state index contributed by atoms with van der Waals surface area (Å²) < 4.78 is 73.1. The topological polar surface area (TPSA) is 57.6 Å². The average Bonchev–Trinajstić information content (AvgIpc) is 2.51. The summed E-state index contributed by atoms with van der Waals surface area (Å²) in [7, 11) is -5.38. The highest BCUT2D eigenvalue weighted by Crippen LogP contribution is 2.37. The van der Waals surface area contributed by atoms with Gasteiger partial charge in [0.2, 0.25) is 0 Å². The Hall–Kier alpha value is -2.13. The standard InChI is InChI=1S/C16H13F4NO3S/c17-12-3-1-11(2-4-12)15(22)9-21(10-15)13-5-7-14(8-6-13)25(23,24)16(18,19)20/h1-8,22H,9-10H2. The molecular weight excluding hydrogens is 362 g/mol. The molecule has 134 valence electrons. The van der Waals surface area contributed by atoms with Crippen molar-refractivity contribution in [3.8, 4) is 0 Å². The molecule has 0 unspecified atom stereocenters. The Morgan fingerprint density at radius 3 is 1.96 bits per heavy atom. The zero-order valence-corrected chi connectivity index (χ0v) is 13.5. The molecule has 0 aliphatic carbocycles. The maximum atomic E-state index is 12.9. The van der Waals surface area contributed by atoms with Crippen molar-refractivity contribution in [1.82, 2.24) is 0 Å². The third-order valence-corrected chi connectivity index (χ3v) is 5.61. The van der Waals surface area contributed by atoms with Gasteiger partial charge < -0.3 is 10.0 Å². The summed E-state index contributed by atoms with van der Waals surface area (Å²) >= 11 is 0. The first-order valence-electron chi connectivity index (χ1n) is 7.18. The minimum atomic E-state index is -5.38. The van der Waals surface area contributed by atoms with Gasteiger partial charge in [-0.15, -0.1) is 0 Å². The van der Waals surface area contributed by atoms with Crippen LogP contribution in [-0.2, 0) is 15.4 Å². The Morgan fingerprint density at radius 1 is 0.960 bits per heavy atom. The smallest absolute Gasteiger partial charge is 0.381 e. The molecule has 9 heteroatoms. The van der Waals surface area contributed by atoms with Gasteiger partial charge in [0.1, 0.15) is 11.4 Å². The van der Waals surface area contributed by atoms with Crippen LogP contribution in [0, 0.1) is 5.82 Å². The lowest BCUT2D eigenvalue weighted by Crippen LogP contribution is -2.59. The molecular formula is C16H13F4NO3S. The number of hydrogen-bond donors (Lipinski definition) is 1. The molecule has 25 heavy (non-hydrogen) atoms. The molecule has 1 N–H and O–H groups in total. The molecule has 1 saturated heterocycles. The first-order valence-corrected chi connectivity index (χ1v) is 8.66. The zero-order chi connectivity index (χ0) is 18.5. The van der Waals surface area contributed by atoms with E-state index in [1.165, 1.54) is 36.4 Å². The number of β-amino-alcohol motifs (C(OH)–C–C–N with tert-alkyl or cyclic N) is 1. The van der Waals surface area contributed by atoms with Crippen LogP contribution >= 0.6 is 0 Å². The number of anilines is 1. The second-order valence-electron chi connectivity index (χ2n) is 5.84. The fourth-order valence-corrected chi connectivity index (χ4v) is 3.44. The number of benzene rings is 2. The summed E-state index contributed by atoms with van der Waals surface area (Å²) in [5, 5.41) is 10.5. The van der Waals surface area contributed by atoms with E-state index >= 15 is 0 Å². The lowest BCUT2D eigenvalue weighted by atomic mass is 9.85. The van der Waals surface area contributed by atoms with Crippen LogP contribution in [0.15, 0.2) is 53.4 Å². The molecule has 2 aromatic carbocycles. The summed E-state index contributed by atoms with van der Waals surface area (Å²) in [6.45, 7) is 0.313. The molecule has 1 fully saturated rings. The number of sulfone groups is 1. The molecule has 0 saturated carbocycles. The molecule has 1 heterocycles. The van der Waals surface area contributed by atoms with E-state index in [-0.39, 0.29) is 13.1 Å². The molecule has 2 aromatic rings. The van der Waals surface area contributed by atoms with E-state index in [0.717, 1.165) is 12.1 Å². The number of halogens is 4. The van der Waals surface area contributed by atoms with E-state index in [0.29, 0.717) is 11.3 Å². The third kappa shape index (κ3) is 3.09. The summed E-state index contributed by atoms with van der Waals surface area (Å²) in [6.07, 6.45) is 0. The van der Waals surface area contributed by atoms with Crippen molar-refractivity contribution in [3.05, 3.63) is 59.9 Å². The van der Waals surface area contributed by atoms with Crippen molar-refractivity contribution in [2.24, 2.45) is 0 Å². The fraction of sp³-hybridized carbons (Fsp3) is 0.250. The Morgan fingerprint density at radius 2 is 1.48 bits per heavy atom. The van der Waals surface area contributed by atoms with Crippen LogP contribution in [-0.4, -0.2) is 32.1 Å². The van der Waals surface area contributed by atoms with Gasteiger partial charge in [-0.1, -0.05) is 12.1 Å². The molecule has 0 amide bonds. The SMILES string of the molecule is O=S(=O)(c1ccc(N2CC(O)(c3ccc(F)cc3)C2)cc1)C(F)(F)F. The van der Waals surface area contributed by atoms with Crippen molar-refractivity contribution in [2.45, 2.75) is 16.0 Å². The molecule has 0 bridgehead atoms. The fourth-order valence-electron chi connectivity index (χ4n) is 2.68. The summed E-state index contributed by atoms with van der Waals surface area (Å²) in [5.41, 5.74) is -5.53. The molecule has 0 radical (unpaired) electrons. The lowest BCUT2D eigenvalue weighted by molar-refractivity contribution is -0.0436. The van der Waals surface area contributed by atoms with E-state index in [2.05, 4.69) is 0 Å². The normalized spacial score (nSPS) is 17.2. The Kier molecular flexibility index (Phi) is 4.03. The highest BCUT2D eigenvalue weighted by molar-refractivity contribution is 7.92. The maximum Gasteiger partial charge on any atom is 0.501 e. The molecule has 1 aliphatic rings. The number of aliphatic hydroxyl groups is 1. The number of nitrogens with zero attached hydrogens (tertiary/aromatic N) is 1. The molecule has 0 aromatic heterocycles. The predicted molar refractivity (Wildman–Crippen MR) is 82.2 cm³/mol. The predicted octanol–water partition coefficient (Wildman–Crippen LogP) is 2.83. The van der Waals surface area contributed by atoms with Crippen LogP contribution in [0.1, 0.15) is 5.56 Å². The van der Waals surface area contributed by atoms with Gasteiger partial charge in [0.05, 0.1) is 18.0 Å². The maximum absolute atomic E-state index is 12.9. The van der Waals surface area contributed by atoms with Gasteiger partial charge in [-0.05, 0) is 42.0 Å². The van der Waals surface area contributed by atoms with Crippen molar-refractivity contribution in [2.75, 3.05) is 18.0 Å². The van der Waals surface area contributed by atoms with Crippen LogP contribution in [0.2, 0.25) is 0 Å². The minimum Gasteiger partial charge on any atom is -0.381 e. The van der Waals surface area contributed by atoms with Crippen molar-refractivity contribution < 1.29 is 31.1 Å². The summed E-state index contributed by atoms with van der Waals surface area (Å²) in [4.78, 5) is 0.839. The quantitative estimate of drug-likeness (QED) is 0.839. The van der Waals surface area contributed by atoms with E-state index in [1.807, 2.05) is 0 Å². The van der Waals surface area contributed by atoms with E-state index < -0.39 is 31.7 Å². The van der Waals surface area contributed by atoms with Crippen LogP contribution in [0.5, 0.6) is 0 Å². The van der Waals surface area contributed by atoms with Crippen molar-refractivity contribution in [1.29, 1.82) is 0 Å². The molecule has 1 aliphatic heterocycles. The molecule has 0 spiro atoms. The number of rotatable bonds is 3. The van der Waals surface area contributed by atoms with Crippen LogP contribution in [0.4, 0.5) is 23.2 Å². The number of hydrogen-bond acceptors (Lipinski definition) is 4. The second kappa shape index (κ2) is 5.70. The average molecular weight is 375 g/mol. The minimum absolute atomic E-state index is 0.157. The largest absolute Gasteiger partial charge is 0.501 e. The van der Waals surface area contributed by atoms with Gasteiger partial charge in [-0.3, -0.25) is 0 Å². The van der Waals surface area contributed by atoms with Gasteiger partial charge in [0.15, 0.2) is 0 Å². The first kappa shape index (κ1) is 17.7. The highest BCUT2D eigenvalue weighted by Gasteiger charge is 2.47. The van der Waals surface area contributed by atoms with Crippen LogP contribution in [0.3, 0.4) is 0 Å². The molecule has 0 atom stereocenters. The Labute approximate surface area is 141 Å². The van der Waals surface area contributed by atoms with Gasteiger partial charge in [-0.25, -0.2) is 12.8 Å². The van der Waals surface area contributed by atoms with E-state index in [1.54, 1.807) is 4.90 Å². The van der Waals surface area contributed by atoms with Crippen molar-refractivity contribution >= 4 is 15.5 Å². The van der Waals surface area contributed by atoms with E-state index in [4.69, 9.17) is 0 Å². The summed E-state index contributed by atoms with van der Waals surface area (Å²) in [5.74, 6) is -0.426. The van der Waals surface area contributed by atoms with Gasteiger partial charge >= 0.3 is 5.51 Å². The monoisotopic (exact) mass is 375 g/mol. The Bertz CT molecular complexity index is 871. The molecule has 3 rings (SSSR count). The van der Waals surface area contributed by atoms with Crippen LogP contribution in [0.25, 0.3) is 0 Å². The lowest BCUT2D eigenvalue weighted by Gasteiger charge is -2.48. The van der Waals surface area contributed by atoms with Crippen molar-refractivity contribution in [3.63, 3.8) is 0 Å². The Balaban J connectivity index is 1.74.